The number of likely N-dealkylation sites (N-methyl/N-ethyl adjacent to an activating group) is 1. The maximum atomic E-state index is 13.7. The Hall–Kier alpha value is -3.45. The molecule has 0 aliphatic carbocycles. The van der Waals surface area contributed by atoms with Crippen LogP contribution in [0.15, 0.2) is 54.7 Å². The lowest BCUT2D eigenvalue weighted by molar-refractivity contribution is -0.385. The van der Waals surface area contributed by atoms with Gasteiger partial charge in [0.1, 0.15) is 0 Å². The highest BCUT2D eigenvalue weighted by Gasteiger charge is 2.65. The molecule has 1 fully saturated rings. The fourth-order valence-electron chi connectivity index (χ4n) is 6.45. The topological polar surface area (TPSA) is 144 Å². The average molecular weight is 552 g/mol. The van der Waals surface area contributed by atoms with Gasteiger partial charge in [-0.25, -0.2) is 0 Å². The zero-order chi connectivity index (χ0) is 28.1. The Labute approximate surface area is 227 Å². The normalized spacial score (nSPS) is 25.3. The standard InChI is InChI=1S/C27H33N5O6Si/c1-17-25(39(3,4)37)24(12-13-31-15-22(28-29-31)20(16-33)18-8-6-5-7-9-18)38-27(17)21-14-19(32(35)36)10-11-23(21)30(2)26(27)34/h5-11,14-15,17,20,24-25,33,37H,12-13,16H2,1-4H3/t17-,20?,24+,25-,27+/m1/s1. The lowest BCUT2D eigenvalue weighted by Crippen LogP contribution is -2.45. The first-order valence-corrected chi connectivity index (χ1v) is 16.0. The molecule has 1 unspecified atom stereocenters. The summed E-state index contributed by atoms with van der Waals surface area (Å²) in [5, 5.41) is 30.1. The van der Waals surface area contributed by atoms with Gasteiger partial charge in [0.25, 0.3) is 11.6 Å². The average Bonchev–Trinajstić information content (AvgIpc) is 3.55. The molecule has 39 heavy (non-hydrogen) atoms. The molecule has 2 aliphatic rings. The minimum Gasteiger partial charge on any atom is -0.432 e. The van der Waals surface area contributed by atoms with Crippen LogP contribution in [0.1, 0.15) is 36.1 Å². The fourth-order valence-corrected chi connectivity index (χ4v) is 9.05. The van der Waals surface area contributed by atoms with E-state index in [9.17, 15) is 24.8 Å². The van der Waals surface area contributed by atoms with Crippen molar-refractivity contribution in [1.82, 2.24) is 15.0 Å². The monoisotopic (exact) mass is 551 g/mol. The minimum absolute atomic E-state index is 0.109. The van der Waals surface area contributed by atoms with Crippen LogP contribution in [-0.4, -0.2) is 63.8 Å². The number of nitrogens with zero attached hydrogens (tertiary/aromatic N) is 5. The number of fused-ring (bicyclic) bond motifs is 2. The molecule has 2 N–H and O–H groups in total. The second kappa shape index (κ2) is 9.94. The molecule has 11 nitrogen and oxygen atoms in total. The molecule has 206 valence electrons. The molecule has 2 aromatic carbocycles. The van der Waals surface area contributed by atoms with Crippen molar-refractivity contribution in [3.05, 3.63) is 81.7 Å². The fraction of sp³-hybridized carbons (Fsp3) is 0.444. The Morgan fingerprint density at radius 1 is 1.23 bits per heavy atom. The number of benzene rings is 2. The van der Waals surface area contributed by atoms with Crippen molar-refractivity contribution in [3.8, 4) is 0 Å². The van der Waals surface area contributed by atoms with Crippen molar-refractivity contribution >= 4 is 25.6 Å². The summed E-state index contributed by atoms with van der Waals surface area (Å²) in [6, 6.07) is 14.0. The first-order valence-electron chi connectivity index (χ1n) is 13.0. The van der Waals surface area contributed by atoms with Crippen LogP contribution in [0.25, 0.3) is 0 Å². The Morgan fingerprint density at radius 3 is 2.59 bits per heavy atom. The molecule has 5 rings (SSSR count). The molecule has 1 amide bonds. The van der Waals surface area contributed by atoms with Gasteiger partial charge in [0.15, 0.2) is 13.9 Å². The number of amides is 1. The lowest BCUT2D eigenvalue weighted by atomic mass is 9.82. The first-order chi connectivity index (χ1) is 18.5. The van der Waals surface area contributed by atoms with Gasteiger partial charge in [0.05, 0.1) is 34.9 Å². The second-order valence-corrected chi connectivity index (χ2v) is 15.0. The molecule has 0 bridgehead atoms. The number of non-ortho nitro benzene ring substituents is 1. The maximum absolute atomic E-state index is 13.7. The molecule has 0 radical (unpaired) electrons. The number of aryl methyl sites for hydroxylation is 1. The number of anilines is 1. The van der Waals surface area contributed by atoms with Crippen molar-refractivity contribution in [3.63, 3.8) is 0 Å². The summed E-state index contributed by atoms with van der Waals surface area (Å²) < 4.78 is 8.32. The van der Waals surface area contributed by atoms with Gasteiger partial charge in [-0.15, -0.1) is 5.10 Å². The van der Waals surface area contributed by atoms with Crippen LogP contribution in [0, 0.1) is 16.0 Å². The first kappa shape index (κ1) is 27.1. The number of rotatable bonds is 8. The van der Waals surface area contributed by atoms with E-state index in [0.29, 0.717) is 29.9 Å². The predicted octanol–water partition coefficient (Wildman–Crippen LogP) is 3.18. The number of hydrogen-bond acceptors (Lipinski definition) is 8. The van der Waals surface area contributed by atoms with E-state index >= 15 is 0 Å². The number of hydrogen-bond donors (Lipinski definition) is 2. The predicted molar refractivity (Wildman–Crippen MR) is 146 cm³/mol. The number of carbonyl (C=O) groups is 1. The molecule has 1 aromatic heterocycles. The maximum Gasteiger partial charge on any atom is 0.269 e. The third kappa shape index (κ3) is 4.46. The molecule has 2 aliphatic heterocycles. The van der Waals surface area contributed by atoms with Crippen molar-refractivity contribution in [1.29, 1.82) is 0 Å². The van der Waals surface area contributed by atoms with E-state index in [4.69, 9.17) is 4.74 Å². The highest BCUT2D eigenvalue weighted by Crippen LogP contribution is 2.59. The smallest absolute Gasteiger partial charge is 0.269 e. The Bertz CT molecular complexity index is 1390. The van der Waals surface area contributed by atoms with Gasteiger partial charge in [0, 0.05) is 48.9 Å². The van der Waals surface area contributed by atoms with E-state index in [0.717, 1.165) is 5.56 Å². The van der Waals surface area contributed by atoms with E-state index in [1.165, 1.54) is 17.0 Å². The molecule has 3 aromatic rings. The molecular weight excluding hydrogens is 518 g/mol. The largest absolute Gasteiger partial charge is 0.432 e. The molecule has 1 spiro atoms. The van der Waals surface area contributed by atoms with Crippen LogP contribution in [0.3, 0.4) is 0 Å². The molecule has 3 heterocycles. The van der Waals surface area contributed by atoms with Gasteiger partial charge in [-0.05, 0) is 31.1 Å². The minimum atomic E-state index is -2.86. The van der Waals surface area contributed by atoms with Crippen LogP contribution < -0.4 is 4.90 Å². The van der Waals surface area contributed by atoms with Crippen molar-refractivity contribution in [2.75, 3.05) is 18.6 Å². The van der Waals surface area contributed by atoms with Crippen molar-refractivity contribution < 1.29 is 24.4 Å². The van der Waals surface area contributed by atoms with Crippen LogP contribution in [0.5, 0.6) is 0 Å². The third-order valence-electron chi connectivity index (χ3n) is 8.25. The molecule has 0 saturated carbocycles. The summed E-state index contributed by atoms with van der Waals surface area (Å²) in [6.07, 6.45) is 1.77. The molecule has 1 saturated heterocycles. The number of aliphatic hydroxyl groups excluding tert-OH is 1. The SMILES string of the molecule is C[C@@H]1[C@@H]([Si](C)(C)O)[C@H](CCn2cc(C(CO)c3ccccc3)nn2)O[C@@]12C(=O)N(C)c1ccc([N+](=O)[O-])cc12. The summed E-state index contributed by atoms with van der Waals surface area (Å²) >= 11 is 0. The number of aliphatic hydroxyl groups is 1. The van der Waals surface area contributed by atoms with Crippen LogP contribution in [-0.2, 0) is 21.7 Å². The summed E-state index contributed by atoms with van der Waals surface area (Å²) in [7, 11) is -1.22. The Morgan fingerprint density at radius 2 is 1.95 bits per heavy atom. The Balaban J connectivity index is 1.44. The lowest BCUT2D eigenvalue weighted by Gasteiger charge is -2.32. The molecule has 5 atom stereocenters. The van der Waals surface area contributed by atoms with E-state index in [1.54, 1.807) is 24.0 Å². The van der Waals surface area contributed by atoms with Gasteiger partial charge in [-0.3, -0.25) is 19.6 Å². The van der Waals surface area contributed by atoms with Gasteiger partial charge in [-0.2, -0.15) is 0 Å². The quantitative estimate of drug-likeness (QED) is 0.247. The van der Waals surface area contributed by atoms with E-state index < -0.39 is 30.9 Å². The van der Waals surface area contributed by atoms with E-state index in [1.807, 2.05) is 50.3 Å². The summed E-state index contributed by atoms with van der Waals surface area (Å²) in [4.78, 5) is 37.6. The van der Waals surface area contributed by atoms with E-state index in [2.05, 4.69) is 10.3 Å². The van der Waals surface area contributed by atoms with Gasteiger partial charge in [-0.1, -0.05) is 42.5 Å². The number of nitro benzene ring substituents is 1. The summed E-state index contributed by atoms with van der Waals surface area (Å²) in [5.74, 6) is -0.995. The zero-order valence-electron chi connectivity index (χ0n) is 22.4. The molecular formula is C27H33N5O6Si. The van der Waals surface area contributed by atoms with Gasteiger partial charge < -0.3 is 19.5 Å². The van der Waals surface area contributed by atoms with Crippen LogP contribution in [0.4, 0.5) is 11.4 Å². The number of aromatic nitrogens is 3. The van der Waals surface area contributed by atoms with Crippen molar-refractivity contribution in [2.24, 2.45) is 5.92 Å². The summed E-state index contributed by atoms with van der Waals surface area (Å²) in [6.45, 7) is 5.87. The van der Waals surface area contributed by atoms with Crippen LogP contribution in [0.2, 0.25) is 18.6 Å². The summed E-state index contributed by atoms with van der Waals surface area (Å²) in [5.41, 5.74) is 0.790. The van der Waals surface area contributed by atoms with Crippen molar-refractivity contribution in [2.45, 2.75) is 56.1 Å². The van der Waals surface area contributed by atoms with Gasteiger partial charge >= 0.3 is 0 Å². The number of nitro groups is 1. The Kier molecular flexibility index (Phi) is 6.91. The highest BCUT2D eigenvalue weighted by molar-refractivity contribution is 6.71. The van der Waals surface area contributed by atoms with Crippen LogP contribution >= 0.6 is 0 Å². The second-order valence-electron chi connectivity index (χ2n) is 11.0. The third-order valence-corrected chi connectivity index (χ3v) is 10.8. The number of ether oxygens (including phenoxy) is 1. The van der Waals surface area contributed by atoms with Gasteiger partial charge in [0.2, 0.25) is 0 Å². The zero-order valence-corrected chi connectivity index (χ0v) is 23.4. The van der Waals surface area contributed by atoms with E-state index in [-0.39, 0.29) is 29.7 Å². The highest BCUT2D eigenvalue weighted by atomic mass is 28.4. The molecule has 12 heteroatoms. The number of carbonyl (C=O) groups excluding carboxylic acids is 1.